The highest BCUT2D eigenvalue weighted by Gasteiger charge is 2.12. The summed E-state index contributed by atoms with van der Waals surface area (Å²) in [4.78, 5) is 2.39. The number of benzene rings is 2. The van der Waals surface area contributed by atoms with Gasteiger partial charge in [0.15, 0.2) is 0 Å². The first kappa shape index (κ1) is 18.5. The molecule has 0 aliphatic heterocycles. The Morgan fingerprint density at radius 1 is 1.21 bits per heavy atom. The van der Waals surface area contributed by atoms with E-state index in [1.807, 2.05) is 32.0 Å². The predicted molar refractivity (Wildman–Crippen MR) is 99.0 cm³/mol. The van der Waals surface area contributed by atoms with E-state index in [1.54, 1.807) is 24.3 Å². The molecule has 24 heavy (non-hydrogen) atoms. The molecule has 2 aromatic rings. The van der Waals surface area contributed by atoms with E-state index >= 15 is 0 Å². The van der Waals surface area contributed by atoms with Crippen LogP contribution in [0.3, 0.4) is 0 Å². The largest absolute Gasteiger partial charge is 0.493 e. The monoisotopic (exact) mass is 410 g/mol. The Morgan fingerprint density at radius 3 is 2.58 bits per heavy atom. The Morgan fingerprint density at radius 2 is 1.92 bits per heavy atom. The van der Waals surface area contributed by atoms with Crippen LogP contribution < -0.4 is 9.57 Å². The number of ether oxygens (including phenoxy) is 1. The second-order valence-corrected chi connectivity index (χ2v) is 7.77. The molecule has 0 fully saturated rings. The molecule has 0 radical (unpaired) electrons. The van der Waals surface area contributed by atoms with Gasteiger partial charge in [-0.3, -0.25) is 0 Å². The Bertz CT molecular complexity index is 818. The SMILES string of the molecule is CCCOc1ccc(Br)cc1/C=N\NS(=O)(=O)c1ccc(C)cc1. The molecule has 0 unspecified atom stereocenters. The summed E-state index contributed by atoms with van der Waals surface area (Å²) in [5.41, 5.74) is 1.67. The average molecular weight is 411 g/mol. The van der Waals surface area contributed by atoms with Gasteiger partial charge in [0.25, 0.3) is 10.0 Å². The second-order valence-electron chi connectivity index (χ2n) is 5.20. The number of nitrogens with zero attached hydrogens (tertiary/aromatic N) is 1. The highest BCUT2D eigenvalue weighted by atomic mass is 79.9. The Labute approximate surface area is 150 Å². The summed E-state index contributed by atoms with van der Waals surface area (Å²) in [5, 5.41) is 3.86. The number of hydrogen-bond acceptors (Lipinski definition) is 4. The van der Waals surface area contributed by atoms with Crippen LogP contribution in [0.4, 0.5) is 0 Å². The molecule has 5 nitrogen and oxygen atoms in total. The van der Waals surface area contributed by atoms with Crippen molar-refractivity contribution < 1.29 is 13.2 Å². The van der Waals surface area contributed by atoms with Crippen molar-refractivity contribution in [1.82, 2.24) is 4.83 Å². The maximum Gasteiger partial charge on any atom is 0.276 e. The van der Waals surface area contributed by atoms with Crippen LogP contribution >= 0.6 is 15.9 Å². The van der Waals surface area contributed by atoms with Crippen LogP contribution in [0.2, 0.25) is 0 Å². The first-order valence-electron chi connectivity index (χ1n) is 7.46. The fraction of sp³-hybridized carbons (Fsp3) is 0.235. The molecule has 0 atom stereocenters. The standard InChI is InChI=1S/C17H19BrN2O3S/c1-3-10-23-17-9-6-15(18)11-14(17)12-19-20-24(21,22)16-7-4-13(2)5-8-16/h4-9,11-12,20H,3,10H2,1-2H3/b19-12-. The van der Waals surface area contributed by atoms with Crippen molar-refractivity contribution in [2.45, 2.75) is 25.2 Å². The third-order valence-electron chi connectivity index (χ3n) is 3.14. The smallest absolute Gasteiger partial charge is 0.276 e. The third kappa shape index (κ3) is 5.07. The van der Waals surface area contributed by atoms with Crippen LogP contribution in [-0.2, 0) is 10.0 Å². The number of aryl methyl sites for hydroxylation is 1. The van der Waals surface area contributed by atoms with Crippen LogP contribution in [0, 0.1) is 6.92 Å². The molecule has 0 bridgehead atoms. The van der Waals surface area contributed by atoms with Gasteiger partial charge in [0.2, 0.25) is 0 Å². The molecule has 0 aliphatic rings. The molecule has 0 spiro atoms. The Balaban J connectivity index is 2.16. The number of hydrogen-bond donors (Lipinski definition) is 1. The minimum absolute atomic E-state index is 0.168. The molecule has 7 heteroatoms. The summed E-state index contributed by atoms with van der Waals surface area (Å²) >= 11 is 3.38. The zero-order valence-electron chi connectivity index (χ0n) is 13.5. The van der Waals surface area contributed by atoms with E-state index in [0.717, 1.165) is 16.5 Å². The third-order valence-corrected chi connectivity index (χ3v) is 4.87. The maximum atomic E-state index is 12.2. The summed E-state index contributed by atoms with van der Waals surface area (Å²) in [7, 11) is -3.69. The molecule has 2 aromatic carbocycles. The minimum atomic E-state index is -3.69. The topological polar surface area (TPSA) is 67.8 Å². The molecule has 0 saturated carbocycles. The summed E-state index contributed by atoms with van der Waals surface area (Å²) in [6.45, 7) is 4.49. The number of halogens is 1. The van der Waals surface area contributed by atoms with Crippen molar-refractivity contribution >= 4 is 32.2 Å². The van der Waals surface area contributed by atoms with E-state index in [9.17, 15) is 8.42 Å². The minimum Gasteiger partial charge on any atom is -0.493 e. The van der Waals surface area contributed by atoms with Crippen molar-refractivity contribution in [3.63, 3.8) is 0 Å². The van der Waals surface area contributed by atoms with Gasteiger partial charge in [0.1, 0.15) is 5.75 Å². The first-order chi connectivity index (χ1) is 11.4. The van der Waals surface area contributed by atoms with Gasteiger partial charge < -0.3 is 4.74 Å². The molecule has 2 rings (SSSR count). The van der Waals surface area contributed by atoms with Gasteiger partial charge in [0, 0.05) is 10.0 Å². The van der Waals surface area contributed by atoms with Gasteiger partial charge in [-0.1, -0.05) is 40.5 Å². The van der Waals surface area contributed by atoms with E-state index in [2.05, 4.69) is 25.9 Å². The van der Waals surface area contributed by atoms with Gasteiger partial charge in [-0.25, -0.2) is 4.83 Å². The van der Waals surface area contributed by atoms with Crippen LogP contribution in [0.15, 0.2) is 56.9 Å². The zero-order valence-corrected chi connectivity index (χ0v) is 15.9. The lowest BCUT2D eigenvalue weighted by atomic mass is 10.2. The molecule has 0 saturated heterocycles. The Kier molecular flexibility index (Phi) is 6.39. The van der Waals surface area contributed by atoms with E-state index in [4.69, 9.17) is 4.74 Å². The lowest BCUT2D eigenvalue weighted by molar-refractivity contribution is 0.317. The van der Waals surface area contributed by atoms with E-state index in [1.165, 1.54) is 6.21 Å². The molecular formula is C17H19BrN2O3S. The number of sulfonamides is 1. The maximum absolute atomic E-state index is 12.2. The molecule has 128 valence electrons. The van der Waals surface area contributed by atoms with Gasteiger partial charge in [-0.05, 0) is 43.7 Å². The fourth-order valence-corrected chi connectivity index (χ4v) is 3.07. The van der Waals surface area contributed by atoms with E-state index in [0.29, 0.717) is 17.9 Å². The van der Waals surface area contributed by atoms with Gasteiger partial charge in [-0.2, -0.15) is 13.5 Å². The van der Waals surface area contributed by atoms with Crippen LogP contribution in [0.5, 0.6) is 5.75 Å². The molecular weight excluding hydrogens is 392 g/mol. The second kappa shape index (κ2) is 8.30. The van der Waals surface area contributed by atoms with Crippen molar-refractivity contribution in [3.8, 4) is 5.75 Å². The summed E-state index contributed by atoms with van der Waals surface area (Å²) < 4.78 is 30.9. The Hall–Kier alpha value is -1.86. The van der Waals surface area contributed by atoms with E-state index < -0.39 is 10.0 Å². The zero-order chi connectivity index (χ0) is 17.6. The van der Waals surface area contributed by atoms with Gasteiger partial charge in [0.05, 0.1) is 17.7 Å². The van der Waals surface area contributed by atoms with Crippen molar-refractivity contribution in [1.29, 1.82) is 0 Å². The molecule has 0 amide bonds. The van der Waals surface area contributed by atoms with Crippen molar-refractivity contribution in [2.24, 2.45) is 5.10 Å². The average Bonchev–Trinajstić information content (AvgIpc) is 2.54. The predicted octanol–water partition coefficient (Wildman–Crippen LogP) is 3.86. The number of rotatable bonds is 7. The van der Waals surface area contributed by atoms with Crippen LogP contribution in [0.25, 0.3) is 0 Å². The van der Waals surface area contributed by atoms with Crippen molar-refractivity contribution in [3.05, 3.63) is 58.1 Å². The molecule has 1 N–H and O–H groups in total. The van der Waals surface area contributed by atoms with Crippen LogP contribution in [-0.4, -0.2) is 21.2 Å². The lowest BCUT2D eigenvalue weighted by Gasteiger charge is -2.08. The molecule has 0 heterocycles. The van der Waals surface area contributed by atoms with Crippen LogP contribution in [0.1, 0.15) is 24.5 Å². The highest BCUT2D eigenvalue weighted by molar-refractivity contribution is 9.10. The highest BCUT2D eigenvalue weighted by Crippen LogP contribution is 2.22. The number of nitrogens with one attached hydrogen (secondary N) is 1. The van der Waals surface area contributed by atoms with Gasteiger partial charge >= 0.3 is 0 Å². The fourth-order valence-electron chi connectivity index (χ4n) is 1.90. The molecule has 0 aromatic heterocycles. The first-order valence-corrected chi connectivity index (χ1v) is 9.74. The summed E-state index contributed by atoms with van der Waals surface area (Å²) in [6, 6.07) is 12.1. The summed E-state index contributed by atoms with van der Waals surface area (Å²) in [5.74, 6) is 0.651. The molecule has 0 aliphatic carbocycles. The quantitative estimate of drug-likeness (QED) is 0.556. The van der Waals surface area contributed by atoms with Crippen molar-refractivity contribution in [2.75, 3.05) is 6.61 Å². The number of hydrazone groups is 1. The lowest BCUT2D eigenvalue weighted by Crippen LogP contribution is -2.18. The van der Waals surface area contributed by atoms with Gasteiger partial charge in [-0.15, -0.1) is 0 Å². The van der Waals surface area contributed by atoms with E-state index in [-0.39, 0.29) is 4.90 Å². The summed E-state index contributed by atoms with van der Waals surface area (Å²) in [6.07, 6.45) is 2.31. The normalized spacial score (nSPS) is 11.6.